The van der Waals surface area contributed by atoms with Crippen LogP contribution < -0.4 is 4.72 Å². The zero-order chi connectivity index (χ0) is 14.6. The fourth-order valence-electron chi connectivity index (χ4n) is 1.64. The molecule has 0 aromatic heterocycles. The van der Waals surface area contributed by atoms with E-state index in [9.17, 15) is 12.8 Å². The number of hydrogen-bond acceptors (Lipinski definition) is 3. The van der Waals surface area contributed by atoms with Gasteiger partial charge in [-0.2, -0.15) is 0 Å². The number of aliphatic hydroxyl groups is 1. The second-order valence-corrected chi connectivity index (χ2v) is 6.72. The molecule has 1 aromatic rings. The van der Waals surface area contributed by atoms with E-state index in [0.29, 0.717) is 12.5 Å². The van der Waals surface area contributed by atoms with Gasteiger partial charge >= 0.3 is 0 Å². The van der Waals surface area contributed by atoms with Crippen molar-refractivity contribution in [1.29, 1.82) is 0 Å². The van der Waals surface area contributed by atoms with Crippen LogP contribution in [-0.2, 0) is 16.6 Å². The normalized spacial score (nSPS) is 12.1. The summed E-state index contributed by atoms with van der Waals surface area (Å²) in [6.07, 6.45) is 0.728. The van der Waals surface area contributed by atoms with Gasteiger partial charge < -0.3 is 5.11 Å². The van der Waals surface area contributed by atoms with Gasteiger partial charge in [-0.1, -0.05) is 13.8 Å². The van der Waals surface area contributed by atoms with Crippen LogP contribution in [0.5, 0.6) is 0 Å². The first-order valence-corrected chi connectivity index (χ1v) is 7.65. The number of hydrogen-bond donors (Lipinski definition) is 2. The monoisotopic (exact) mass is 289 g/mol. The summed E-state index contributed by atoms with van der Waals surface area (Å²) in [6.45, 7) is 5.29. The lowest BCUT2D eigenvalue weighted by Gasteiger charge is -2.11. The Kier molecular flexibility index (Phi) is 5.46. The van der Waals surface area contributed by atoms with Gasteiger partial charge in [0.15, 0.2) is 0 Å². The van der Waals surface area contributed by atoms with Crippen molar-refractivity contribution in [2.75, 3.05) is 6.54 Å². The van der Waals surface area contributed by atoms with Crippen molar-refractivity contribution >= 4 is 10.0 Å². The first kappa shape index (κ1) is 16.1. The molecule has 0 bridgehead atoms. The van der Waals surface area contributed by atoms with Gasteiger partial charge in [0, 0.05) is 12.1 Å². The van der Waals surface area contributed by atoms with Gasteiger partial charge in [0.1, 0.15) is 5.82 Å². The fraction of sp³-hybridized carbons (Fsp3) is 0.538. The molecule has 0 aliphatic rings. The molecule has 1 aromatic carbocycles. The SMILES string of the molecule is Cc1cc(S(=O)(=O)NCCC(C)C)cc(CO)c1F. The van der Waals surface area contributed by atoms with E-state index in [4.69, 9.17) is 5.11 Å². The minimum Gasteiger partial charge on any atom is -0.392 e. The second-order valence-electron chi connectivity index (χ2n) is 4.95. The van der Waals surface area contributed by atoms with Crippen LogP contribution in [0.3, 0.4) is 0 Å². The van der Waals surface area contributed by atoms with Crippen molar-refractivity contribution in [3.05, 3.63) is 29.1 Å². The van der Waals surface area contributed by atoms with Crippen LogP contribution in [0, 0.1) is 18.7 Å². The fourth-order valence-corrected chi connectivity index (χ4v) is 2.82. The van der Waals surface area contributed by atoms with Gasteiger partial charge in [-0.15, -0.1) is 0 Å². The van der Waals surface area contributed by atoms with Crippen molar-refractivity contribution < 1.29 is 17.9 Å². The Morgan fingerprint density at radius 3 is 2.53 bits per heavy atom. The maximum atomic E-state index is 13.6. The van der Waals surface area contributed by atoms with E-state index in [1.807, 2.05) is 13.8 Å². The molecule has 0 saturated carbocycles. The van der Waals surface area contributed by atoms with Gasteiger partial charge in [-0.05, 0) is 37.0 Å². The van der Waals surface area contributed by atoms with E-state index in [1.165, 1.54) is 19.1 Å². The molecule has 0 heterocycles. The molecule has 0 atom stereocenters. The molecule has 0 saturated heterocycles. The second kappa shape index (κ2) is 6.45. The Morgan fingerprint density at radius 1 is 1.37 bits per heavy atom. The summed E-state index contributed by atoms with van der Waals surface area (Å²) in [5.41, 5.74) is 0.194. The molecule has 1 rings (SSSR count). The van der Waals surface area contributed by atoms with Crippen LogP contribution in [0.2, 0.25) is 0 Å². The predicted molar refractivity (Wildman–Crippen MR) is 71.7 cm³/mol. The third kappa shape index (κ3) is 4.26. The van der Waals surface area contributed by atoms with Crippen LogP contribution in [0.4, 0.5) is 4.39 Å². The minimum atomic E-state index is -3.66. The summed E-state index contributed by atoms with van der Waals surface area (Å²) < 4.78 is 40.1. The highest BCUT2D eigenvalue weighted by Gasteiger charge is 2.17. The highest BCUT2D eigenvalue weighted by atomic mass is 32.2. The van der Waals surface area contributed by atoms with Crippen LogP contribution >= 0.6 is 0 Å². The standard InChI is InChI=1S/C13H20FNO3S/c1-9(2)4-5-15-19(17,18)12-6-10(3)13(14)11(7-12)8-16/h6-7,9,15-16H,4-5,8H2,1-3H3. The molecule has 0 unspecified atom stereocenters. The van der Waals surface area contributed by atoms with E-state index in [-0.39, 0.29) is 16.0 Å². The molecule has 0 fully saturated rings. The van der Waals surface area contributed by atoms with Crippen molar-refractivity contribution in [3.63, 3.8) is 0 Å². The third-order valence-corrected chi connectivity index (χ3v) is 4.24. The van der Waals surface area contributed by atoms with Crippen LogP contribution in [0.1, 0.15) is 31.4 Å². The Hall–Kier alpha value is -0.980. The van der Waals surface area contributed by atoms with Gasteiger partial charge in [0.2, 0.25) is 10.0 Å². The van der Waals surface area contributed by atoms with Gasteiger partial charge in [-0.25, -0.2) is 17.5 Å². The number of sulfonamides is 1. The molecule has 0 amide bonds. The molecule has 4 nitrogen and oxygen atoms in total. The molecule has 0 aliphatic carbocycles. The number of benzene rings is 1. The summed E-state index contributed by atoms with van der Waals surface area (Å²) in [5.74, 6) is -0.172. The summed E-state index contributed by atoms with van der Waals surface area (Å²) in [5, 5.41) is 9.03. The Bertz CT molecular complexity index is 541. The molecular weight excluding hydrogens is 269 g/mol. The van der Waals surface area contributed by atoms with E-state index in [0.717, 1.165) is 6.42 Å². The summed E-state index contributed by atoms with van der Waals surface area (Å²) in [4.78, 5) is -0.0146. The van der Waals surface area contributed by atoms with E-state index in [1.54, 1.807) is 0 Å². The first-order valence-electron chi connectivity index (χ1n) is 6.17. The molecular formula is C13H20FNO3S. The molecule has 108 valence electrons. The number of rotatable bonds is 6. The van der Waals surface area contributed by atoms with Crippen molar-refractivity contribution in [2.24, 2.45) is 5.92 Å². The molecule has 19 heavy (non-hydrogen) atoms. The lowest BCUT2D eigenvalue weighted by atomic mass is 10.1. The van der Waals surface area contributed by atoms with Crippen LogP contribution in [0.15, 0.2) is 17.0 Å². The van der Waals surface area contributed by atoms with E-state index < -0.39 is 22.4 Å². The van der Waals surface area contributed by atoms with Crippen LogP contribution in [-0.4, -0.2) is 20.1 Å². The summed E-state index contributed by atoms with van der Waals surface area (Å²) >= 11 is 0. The predicted octanol–water partition coefficient (Wildman–Crippen LogP) is 1.95. The zero-order valence-corrected chi connectivity index (χ0v) is 12.2. The number of aliphatic hydroxyl groups excluding tert-OH is 1. The van der Waals surface area contributed by atoms with E-state index in [2.05, 4.69) is 4.72 Å². The van der Waals surface area contributed by atoms with Gasteiger partial charge in [0.05, 0.1) is 11.5 Å². The number of halogens is 1. The van der Waals surface area contributed by atoms with E-state index >= 15 is 0 Å². The Morgan fingerprint density at radius 2 is 2.00 bits per heavy atom. The van der Waals surface area contributed by atoms with Crippen molar-refractivity contribution in [2.45, 2.75) is 38.7 Å². The topological polar surface area (TPSA) is 66.4 Å². The van der Waals surface area contributed by atoms with Gasteiger partial charge in [-0.3, -0.25) is 0 Å². The molecule has 0 radical (unpaired) electrons. The molecule has 0 aliphatic heterocycles. The molecule has 6 heteroatoms. The lowest BCUT2D eigenvalue weighted by Crippen LogP contribution is -2.26. The highest BCUT2D eigenvalue weighted by Crippen LogP contribution is 2.19. The summed E-state index contributed by atoms with van der Waals surface area (Å²) in [6, 6.07) is 2.44. The average Bonchev–Trinajstić information content (AvgIpc) is 2.31. The lowest BCUT2D eigenvalue weighted by molar-refractivity contribution is 0.275. The maximum absolute atomic E-state index is 13.6. The summed E-state index contributed by atoms with van der Waals surface area (Å²) in [7, 11) is -3.66. The largest absolute Gasteiger partial charge is 0.392 e. The Balaban J connectivity index is 2.98. The van der Waals surface area contributed by atoms with Crippen molar-refractivity contribution in [3.8, 4) is 0 Å². The highest BCUT2D eigenvalue weighted by molar-refractivity contribution is 7.89. The first-order chi connectivity index (χ1) is 8.77. The molecule has 0 spiro atoms. The third-order valence-electron chi connectivity index (χ3n) is 2.80. The minimum absolute atomic E-state index is 0.00997. The Labute approximate surface area is 113 Å². The number of aryl methyl sites for hydroxylation is 1. The van der Waals surface area contributed by atoms with Crippen molar-refractivity contribution in [1.82, 2.24) is 4.72 Å². The quantitative estimate of drug-likeness (QED) is 0.841. The zero-order valence-electron chi connectivity index (χ0n) is 11.4. The van der Waals surface area contributed by atoms with Crippen LogP contribution in [0.25, 0.3) is 0 Å². The van der Waals surface area contributed by atoms with Gasteiger partial charge in [0.25, 0.3) is 0 Å². The number of nitrogens with one attached hydrogen (secondary N) is 1. The maximum Gasteiger partial charge on any atom is 0.240 e. The smallest absolute Gasteiger partial charge is 0.240 e. The molecule has 2 N–H and O–H groups in total. The average molecular weight is 289 g/mol.